The van der Waals surface area contributed by atoms with Crippen molar-refractivity contribution in [3.05, 3.63) is 94.2 Å². The summed E-state index contributed by atoms with van der Waals surface area (Å²) in [5.41, 5.74) is 1.38. The van der Waals surface area contributed by atoms with Gasteiger partial charge in [-0.2, -0.15) is 0 Å². The minimum absolute atomic E-state index is 0.0163. The maximum absolute atomic E-state index is 13.4. The van der Waals surface area contributed by atoms with Crippen molar-refractivity contribution in [1.29, 1.82) is 0 Å². The number of carbonyl (C=O) groups is 3. The zero-order valence-corrected chi connectivity index (χ0v) is 18.4. The summed E-state index contributed by atoms with van der Waals surface area (Å²) in [6, 6.07) is 21.3. The van der Waals surface area contributed by atoms with E-state index in [0.717, 1.165) is 5.56 Å². The summed E-state index contributed by atoms with van der Waals surface area (Å²) in [5, 5.41) is 7.81. The number of nitrogens with zero attached hydrogens (tertiary/aromatic N) is 1. The van der Waals surface area contributed by atoms with Crippen molar-refractivity contribution in [3.8, 4) is 0 Å². The molecule has 1 saturated heterocycles. The molecular weight excluding hydrogens is 422 g/mol. The number of benzene rings is 2. The highest BCUT2D eigenvalue weighted by atomic mass is 32.1. The van der Waals surface area contributed by atoms with Crippen LogP contribution in [0.2, 0.25) is 0 Å². The topological polar surface area (TPSA) is 78.5 Å². The van der Waals surface area contributed by atoms with Gasteiger partial charge in [-0.15, -0.1) is 11.3 Å². The van der Waals surface area contributed by atoms with Crippen LogP contribution in [0.3, 0.4) is 0 Å². The summed E-state index contributed by atoms with van der Waals surface area (Å²) >= 11 is 1.34. The third-order valence-electron chi connectivity index (χ3n) is 5.58. The molecule has 0 saturated carbocycles. The van der Waals surface area contributed by atoms with Crippen LogP contribution >= 0.6 is 11.3 Å². The Morgan fingerprint density at radius 2 is 1.50 bits per heavy atom. The number of carbonyl (C=O) groups excluding carboxylic acids is 3. The summed E-state index contributed by atoms with van der Waals surface area (Å²) in [4.78, 5) is 40.8. The summed E-state index contributed by atoms with van der Waals surface area (Å²) in [6.07, 6.45) is 1.34. The number of nitrogens with one attached hydrogen (secondary N) is 2. The second kappa shape index (κ2) is 10.2. The van der Waals surface area contributed by atoms with E-state index in [4.69, 9.17) is 0 Å². The molecule has 1 atom stereocenters. The Morgan fingerprint density at radius 3 is 2.12 bits per heavy atom. The molecule has 164 valence electrons. The lowest BCUT2D eigenvalue weighted by molar-refractivity contribution is -0.134. The molecule has 1 fully saturated rings. The normalized spacial score (nSPS) is 15.1. The molecule has 0 unspecified atom stereocenters. The van der Waals surface area contributed by atoms with E-state index in [0.29, 0.717) is 36.4 Å². The van der Waals surface area contributed by atoms with Gasteiger partial charge in [0.05, 0.1) is 4.88 Å². The lowest BCUT2D eigenvalue weighted by Crippen LogP contribution is -2.50. The molecule has 3 aromatic rings. The molecular formula is C25H25N3O3S. The highest BCUT2D eigenvalue weighted by molar-refractivity contribution is 7.12. The SMILES string of the molecule is O=C(NC1CCN(C(=O)[C@@H](NC(=O)c2cccs2)c2ccccc2)CC1)c1ccccc1. The minimum Gasteiger partial charge on any atom is -0.349 e. The fraction of sp³-hybridized carbons (Fsp3) is 0.240. The van der Waals surface area contributed by atoms with E-state index in [2.05, 4.69) is 10.6 Å². The summed E-state index contributed by atoms with van der Waals surface area (Å²) in [7, 11) is 0. The highest BCUT2D eigenvalue weighted by Gasteiger charge is 2.31. The van der Waals surface area contributed by atoms with Crippen molar-refractivity contribution in [2.24, 2.45) is 0 Å². The highest BCUT2D eigenvalue weighted by Crippen LogP contribution is 2.21. The average molecular weight is 448 g/mol. The molecule has 0 aliphatic carbocycles. The lowest BCUT2D eigenvalue weighted by Gasteiger charge is -2.34. The first-order valence-corrected chi connectivity index (χ1v) is 11.5. The van der Waals surface area contributed by atoms with E-state index in [9.17, 15) is 14.4 Å². The van der Waals surface area contributed by atoms with Gasteiger partial charge in [0.2, 0.25) is 5.91 Å². The van der Waals surface area contributed by atoms with Gasteiger partial charge in [-0.05, 0) is 42.0 Å². The zero-order valence-electron chi connectivity index (χ0n) is 17.6. The second-order valence-corrected chi connectivity index (χ2v) is 8.68. The first-order valence-electron chi connectivity index (χ1n) is 10.7. The van der Waals surface area contributed by atoms with Crippen LogP contribution < -0.4 is 10.6 Å². The van der Waals surface area contributed by atoms with Gasteiger partial charge in [0.1, 0.15) is 6.04 Å². The molecule has 4 rings (SSSR count). The van der Waals surface area contributed by atoms with Crippen molar-refractivity contribution in [1.82, 2.24) is 15.5 Å². The van der Waals surface area contributed by atoms with E-state index in [1.54, 1.807) is 23.1 Å². The third-order valence-corrected chi connectivity index (χ3v) is 6.45. The molecule has 0 radical (unpaired) electrons. The van der Waals surface area contributed by atoms with Gasteiger partial charge in [0, 0.05) is 24.7 Å². The molecule has 2 heterocycles. The van der Waals surface area contributed by atoms with Crippen LogP contribution in [-0.2, 0) is 4.79 Å². The molecule has 2 aromatic carbocycles. The van der Waals surface area contributed by atoms with Crippen molar-refractivity contribution in [3.63, 3.8) is 0 Å². The van der Waals surface area contributed by atoms with Gasteiger partial charge < -0.3 is 15.5 Å². The number of hydrogen-bond acceptors (Lipinski definition) is 4. The number of rotatable bonds is 6. The lowest BCUT2D eigenvalue weighted by atomic mass is 10.0. The standard InChI is InChI=1S/C25H25N3O3S/c29-23(19-10-5-2-6-11-19)26-20-13-15-28(16-14-20)25(31)22(18-8-3-1-4-9-18)27-24(30)21-12-7-17-32-21/h1-12,17,20,22H,13-16H2,(H,26,29)(H,27,30)/t22-/m0/s1. The molecule has 0 bridgehead atoms. The van der Waals surface area contributed by atoms with E-state index in [1.165, 1.54) is 11.3 Å². The Labute approximate surface area is 191 Å². The van der Waals surface area contributed by atoms with Crippen LogP contribution in [0.15, 0.2) is 78.2 Å². The summed E-state index contributed by atoms with van der Waals surface area (Å²) in [5.74, 6) is -0.484. The van der Waals surface area contributed by atoms with Crippen LogP contribution in [0.1, 0.15) is 44.5 Å². The first-order chi connectivity index (χ1) is 15.6. The molecule has 0 spiro atoms. The van der Waals surface area contributed by atoms with Crippen LogP contribution in [0.4, 0.5) is 0 Å². The Bertz CT molecular complexity index is 1050. The van der Waals surface area contributed by atoms with Gasteiger partial charge in [-0.1, -0.05) is 54.6 Å². The quantitative estimate of drug-likeness (QED) is 0.606. The molecule has 1 aromatic heterocycles. The van der Waals surface area contributed by atoms with E-state index >= 15 is 0 Å². The fourth-order valence-corrected chi connectivity index (χ4v) is 4.46. The van der Waals surface area contributed by atoms with Gasteiger partial charge in [-0.3, -0.25) is 14.4 Å². The number of piperidine rings is 1. The monoisotopic (exact) mass is 447 g/mol. The van der Waals surface area contributed by atoms with Gasteiger partial charge in [0.25, 0.3) is 11.8 Å². The Morgan fingerprint density at radius 1 is 0.844 bits per heavy atom. The van der Waals surface area contributed by atoms with Crippen LogP contribution in [0, 0.1) is 0 Å². The van der Waals surface area contributed by atoms with Crippen LogP contribution in [-0.4, -0.2) is 41.8 Å². The summed E-state index contributed by atoms with van der Waals surface area (Å²) in [6.45, 7) is 1.05. The fourth-order valence-electron chi connectivity index (χ4n) is 3.83. The minimum atomic E-state index is -0.749. The van der Waals surface area contributed by atoms with Gasteiger partial charge in [0.15, 0.2) is 0 Å². The van der Waals surface area contributed by atoms with Gasteiger partial charge in [-0.25, -0.2) is 0 Å². The van der Waals surface area contributed by atoms with Gasteiger partial charge >= 0.3 is 0 Å². The molecule has 1 aliphatic heterocycles. The first kappa shape index (κ1) is 21.8. The Kier molecular flexibility index (Phi) is 6.97. The van der Waals surface area contributed by atoms with Crippen LogP contribution in [0.25, 0.3) is 0 Å². The van der Waals surface area contributed by atoms with Crippen LogP contribution in [0.5, 0.6) is 0 Å². The largest absolute Gasteiger partial charge is 0.349 e. The number of amides is 3. The number of thiophene rings is 1. The smallest absolute Gasteiger partial charge is 0.262 e. The molecule has 1 aliphatic rings. The van der Waals surface area contributed by atoms with E-state index in [1.807, 2.05) is 60.0 Å². The summed E-state index contributed by atoms with van der Waals surface area (Å²) < 4.78 is 0. The van der Waals surface area contributed by atoms with E-state index in [-0.39, 0.29) is 23.8 Å². The third kappa shape index (κ3) is 5.23. The molecule has 32 heavy (non-hydrogen) atoms. The maximum Gasteiger partial charge on any atom is 0.262 e. The molecule has 3 amide bonds. The zero-order chi connectivity index (χ0) is 22.3. The van der Waals surface area contributed by atoms with Crippen molar-refractivity contribution in [2.45, 2.75) is 24.9 Å². The predicted octanol–water partition coefficient (Wildman–Crippen LogP) is 3.64. The average Bonchev–Trinajstić information content (AvgIpc) is 3.39. The number of likely N-dealkylation sites (tertiary alicyclic amines) is 1. The predicted molar refractivity (Wildman–Crippen MR) is 124 cm³/mol. The van der Waals surface area contributed by atoms with E-state index < -0.39 is 6.04 Å². The van der Waals surface area contributed by atoms with Crippen molar-refractivity contribution in [2.75, 3.05) is 13.1 Å². The van der Waals surface area contributed by atoms with Crippen molar-refractivity contribution < 1.29 is 14.4 Å². The molecule has 7 heteroatoms. The second-order valence-electron chi connectivity index (χ2n) is 7.73. The molecule has 2 N–H and O–H groups in total. The Hall–Kier alpha value is -3.45. The molecule has 6 nitrogen and oxygen atoms in total. The number of hydrogen-bond donors (Lipinski definition) is 2. The van der Waals surface area contributed by atoms with Crippen molar-refractivity contribution >= 4 is 29.1 Å². The maximum atomic E-state index is 13.4. The Balaban J connectivity index is 1.39.